The SMILES string of the molecule is NCC(CO)c1nncs1. The highest BCUT2D eigenvalue weighted by atomic mass is 32.1. The van der Waals surface area contributed by atoms with Crippen LogP contribution in [0.15, 0.2) is 5.51 Å². The van der Waals surface area contributed by atoms with Crippen LogP contribution in [0.1, 0.15) is 10.9 Å². The molecule has 0 amide bonds. The summed E-state index contributed by atoms with van der Waals surface area (Å²) in [5.41, 5.74) is 6.99. The smallest absolute Gasteiger partial charge is 0.123 e. The summed E-state index contributed by atoms with van der Waals surface area (Å²) in [4.78, 5) is 0. The topological polar surface area (TPSA) is 72.0 Å². The second kappa shape index (κ2) is 3.60. The van der Waals surface area contributed by atoms with Gasteiger partial charge < -0.3 is 10.8 Å². The number of rotatable bonds is 3. The van der Waals surface area contributed by atoms with Crippen molar-refractivity contribution in [3.63, 3.8) is 0 Å². The lowest BCUT2D eigenvalue weighted by molar-refractivity contribution is 0.267. The van der Waals surface area contributed by atoms with Gasteiger partial charge in [-0.2, -0.15) is 0 Å². The van der Waals surface area contributed by atoms with E-state index in [2.05, 4.69) is 10.2 Å². The van der Waals surface area contributed by atoms with E-state index in [9.17, 15) is 0 Å². The van der Waals surface area contributed by atoms with Gasteiger partial charge in [-0.05, 0) is 0 Å². The molecule has 0 aliphatic carbocycles. The van der Waals surface area contributed by atoms with E-state index in [1.54, 1.807) is 5.51 Å². The Balaban J connectivity index is 2.64. The number of nitrogens with two attached hydrogens (primary N) is 1. The van der Waals surface area contributed by atoms with Gasteiger partial charge in [-0.15, -0.1) is 21.5 Å². The molecule has 1 unspecified atom stereocenters. The van der Waals surface area contributed by atoms with Crippen molar-refractivity contribution in [2.45, 2.75) is 5.92 Å². The Hall–Kier alpha value is -0.520. The van der Waals surface area contributed by atoms with Gasteiger partial charge in [0.2, 0.25) is 0 Å². The molecule has 10 heavy (non-hydrogen) atoms. The van der Waals surface area contributed by atoms with E-state index in [-0.39, 0.29) is 12.5 Å². The predicted octanol–water partition coefficient (Wildman–Crippen LogP) is -0.427. The van der Waals surface area contributed by atoms with Crippen molar-refractivity contribution in [1.82, 2.24) is 10.2 Å². The normalized spacial score (nSPS) is 13.4. The van der Waals surface area contributed by atoms with Crippen molar-refractivity contribution in [2.75, 3.05) is 13.2 Å². The van der Waals surface area contributed by atoms with Crippen LogP contribution in [0.3, 0.4) is 0 Å². The van der Waals surface area contributed by atoms with E-state index < -0.39 is 0 Å². The molecule has 1 heterocycles. The second-order valence-electron chi connectivity index (χ2n) is 1.89. The standard InChI is InChI=1S/C5H9N3OS/c6-1-4(2-9)5-8-7-3-10-5/h3-4,9H,1-2,6H2. The van der Waals surface area contributed by atoms with Crippen LogP contribution < -0.4 is 5.73 Å². The van der Waals surface area contributed by atoms with E-state index in [0.29, 0.717) is 6.54 Å². The summed E-state index contributed by atoms with van der Waals surface area (Å²) in [5.74, 6) is -0.0347. The van der Waals surface area contributed by atoms with Crippen LogP contribution in [0.2, 0.25) is 0 Å². The average molecular weight is 159 g/mol. The molecule has 1 rings (SSSR count). The van der Waals surface area contributed by atoms with Crippen molar-refractivity contribution in [3.05, 3.63) is 10.5 Å². The number of hydrogen-bond acceptors (Lipinski definition) is 5. The van der Waals surface area contributed by atoms with Gasteiger partial charge in [0.1, 0.15) is 10.5 Å². The molecule has 1 aromatic heterocycles. The highest BCUT2D eigenvalue weighted by molar-refractivity contribution is 7.09. The molecule has 0 spiro atoms. The Morgan fingerprint density at radius 3 is 3.00 bits per heavy atom. The molecule has 0 aromatic carbocycles. The molecular weight excluding hydrogens is 150 g/mol. The minimum absolute atomic E-state index is 0.0347. The Labute approximate surface area is 62.7 Å². The van der Waals surface area contributed by atoms with Crippen molar-refractivity contribution in [3.8, 4) is 0 Å². The van der Waals surface area contributed by atoms with Crippen molar-refractivity contribution in [2.24, 2.45) is 5.73 Å². The quantitative estimate of drug-likeness (QED) is 0.628. The first-order chi connectivity index (χ1) is 4.88. The molecule has 0 saturated carbocycles. The maximum Gasteiger partial charge on any atom is 0.123 e. The van der Waals surface area contributed by atoms with Crippen molar-refractivity contribution in [1.29, 1.82) is 0 Å². The first kappa shape index (κ1) is 7.59. The summed E-state index contributed by atoms with van der Waals surface area (Å²) in [5, 5.41) is 17.0. The third kappa shape index (κ3) is 1.50. The largest absolute Gasteiger partial charge is 0.396 e. The van der Waals surface area contributed by atoms with E-state index in [4.69, 9.17) is 10.8 Å². The molecule has 4 nitrogen and oxygen atoms in total. The van der Waals surface area contributed by atoms with Crippen LogP contribution in [-0.4, -0.2) is 28.5 Å². The van der Waals surface area contributed by atoms with Crippen molar-refractivity contribution < 1.29 is 5.11 Å². The highest BCUT2D eigenvalue weighted by Gasteiger charge is 2.10. The first-order valence-corrected chi connectivity index (χ1v) is 3.83. The maximum absolute atomic E-state index is 8.76. The fourth-order valence-corrected chi connectivity index (χ4v) is 1.27. The van der Waals surface area contributed by atoms with Crippen LogP contribution in [-0.2, 0) is 0 Å². The Morgan fingerprint density at radius 1 is 1.80 bits per heavy atom. The Morgan fingerprint density at radius 2 is 2.60 bits per heavy atom. The summed E-state index contributed by atoms with van der Waals surface area (Å²) in [6, 6.07) is 0. The van der Waals surface area contributed by atoms with Crippen molar-refractivity contribution >= 4 is 11.3 Å². The number of aromatic nitrogens is 2. The third-order valence-corrected chi connectivity index (χ3v) is 2.09. The molecule has 0 saturated heterocycles. The minimum Gasteiger partial charge on any atom is -0.396 e. The van der Waals surface area contributed by atoms with Crippen LogP contribution in [0.25, 0.3) is 0 Å². The summed E-state index contributed by atoms with van der Waals surface area (Å²) in [6.07, 6.45) is 0. The molecule has 0 radical (unpaired) electrons. The first-order valence-electron chi connectivity index (χ1n) is 2.95. The summed E-state index contributed by atoms with van der Waals surface area (Å²) in [6.45, 7) is 0.470. The molecule has 0 fully saturated rings. The van der Waals surface area contributed by atoms with Crippen LogP contribution in [0.5, 0.6) is 0 Å². The summed E-state index contributed by atoms with van der Waals surface area (Å²) in [7, 11) is 0. The maximum atomic E-state index is 8.76. The zero-order chi connectivity index (χ0) is 7.40. The van der Waals surface area contributed by atoms with Crippen LogP contribution >= 0.6 is 11.3 Å². The highest BCUT2D eigenvalue weighted by Crippen LogP contribution is 2.14. The lowest BCUT2D eigenvalue weighted by atomic mass is 10.2. The average Bonchev–Trinajstić information content (AvgIpc) is 2.43. The van der Waals surface area contributed by atoms with Gasteiger partial charge >= 0.3 is 0 Å². The van der Waals surface area contributed by atoms with E-state index in [1.807, 2.05) is 0 Å². The second-order valence-corrected chi connectivity index (χ2v) is 2.76. The molecule has 5 heteroatoms. The van der Waals surface area contributed by atoms with Gasteiger partial charge in [0.15, 0.2) is 0 Å². The molecule has 3 N–H and O–H groups in total. The number of nitrogens with zero attached hydrogens (tertiary/aromatic N) is 2. The molecular formula is C5H9N3OS. The third-order valence-electron chi connectivity index (χ3n) is 1.23. The zero-order valence-corrected chi connectivity index (χ0v) is 6.21. The van der Waals surface area contributed by atoms with Gasteiger partial charge in [-0.3, -0.25) is 0 Å². The summed E-state index contributed by atoms with van der Waals surface area (Å²) >= 11 is 1.42. The predicted molar refractivity (Wildman–Crippen MR) is 38.8 cm³/mol. The van der Waals surface area contributed by atoms with E-state index >= 15 is 0 Å². The van der Waals surface area contributed by atoms with E-state index in [0.717, 1.165) is 5.01 Å². The van der Waals surface area contributed by atoms with Gasteiger partial charge in [0.05, 0.1) is 6.61 Å². The monoisotopic (exact) mass is 159 g/mol. The minimum atomic E-state index is -0.0347. The van der Waals surface area contributed by atoms with Gasteiger partial charge in [-0.1, -0.05) is 0 Å². The van der Waals surface area contributed by atoms with Crippen LogP contribution in [0.4, 0.5) is 0 Å². The Bertz CT molecular complexity index is 173. The molecule has 0 aliphatic heterocycles. The molecule has 1 atom stereocenters. The lowest BCUT2D eigenvalue weighted by Gasteiger charge is -2.04. The van der Waals surface area contributed by atoms with Gasteiger partial charge in [0, 0.05) is 12.5 Å². The molecule has 1 aromatic rings. The van der Waals surface area contributed by atoms with Crippen LogP contribution in [0, 0.1) is 0 Å². The molecule has 0 bridgehead atoms. The number of aliphatic hydroxyl groups is 1. The fraction of sp³-hybridized carbons (Fsp3) is 0.600. The lowest BCUT2D eigenvalue weighted by Crippen LogP contribution is -2.15. The number of hydrogen-bond donors (Lipinski definition) is 2. The Kier molecular flexibility index (Phi) is 2.73. The van der Waals surface area contributed by atoms with Gasteiger partial charge in [0.25, 0.3) is 0 Å². The fourth-order valence-electron chi connectivity index (χ4n) is 0.613. The molecule has 0 aliphatic rings. The van der Waals surface area contributed by atoms with Gasteiger partial charge in [-0.25, -0.2) is 0 Å². The van der Waals surface area contributed by atoms with E-state index in [1.165, 1.54) is 11.3 Å². The summed E-state index contributed by atoms with van der Waals surface area (Å²) < 4.78 is 0. The molecule has 56 valence electrons. The number of aliphatic hydroxyl groups excluding tert-OH is 1. The zero-order valence-electron chi connectivity index (χ0n) is 5.40.